The van der Waals surface area contributed by atoms with Gasteiger partial charge in [0, 0.05) is 11.0 Å². The molecule has 1 aromatic rings. The van der Waals surface area contributed by atoms with Crippen LogP contribution < -0.4 is 5.32 Å². The molecule has 0 atom stereocenters. The fraction of sp³-hybridized carbons (Fsp3) is 0.462. The van der Waals surface area contributed by atoms with E-state index in [1.165, 1.54) is 0 Å². The number of ether oxygens (including phenoxy) is 1. The van der Waals surface area contributed by atoms with E-state index in [4.69, 9.17) is 4.74 Å². The first-order valence-electron chi connectivity index (χ1n) is 5.83. The standard InChI is InChI=1S/C13H18BrNO2/c1-2-3-8-17-13(16)10-15-9-11-6-4-5-7-12(11)14/h4-7,15H,2-3,8-10H2,1H3. The van der Waals surface area contributed by atoms with E-state index >= 15 is 0 Å². The van der Waals surface area contributed by atoms with Crippen molar-refractivity contribution in [1.82, 2.24) is 5.32 Å². The molecule has 1 N–H and O–H groups in total. The number of carbonyl (C=O) groups is 1. The summed E-state index contributed by atoms with van der Waals surface area (Å²) < 4.78 is 6.09. The van der Waals surface area contributed by atoms with Gasteiger partial charge in [0.2, 0.25) is 0 Å². The van der Waals surface area contributed by atoms with E-state index in [2.05, 4.69) is 28.2 Å². The Balaban J connectivity index is 2.19. The molecule has 94 valence electrons. The Kier molecular flexibility index (Phi) is 6.89. The molecule has 0 aliphatic heterocycles. The van der Waals surface area contributed by atoms with Crippen LogP contribution in [0.15, 0.2) is 28.7 Å². The zero-order valence-electron chi connectivity index (χ0n) is 10.0. The highest BCUT2D eigenvalue weighted by atomic mass is 79.9. The lowest BCUT2D eigenvalue weighted by Crippen LogP contribution is -2.24. The number of hydrogen-bond acceptors (Lipinski definition) is 3. The second kappa shape index (κ2) is 8.25. The third-order valence-corrected chi connectivity index (χ3v) is 3.08. The average molecular weight is 300 g/mol. The number of carbonyl (C=O) groups excluding carboxylic acids is 1. The van der Waals surface area contributed by atoms with Gasteiger partial charge in [0.05, 0.1) is 13.2 Å². The first-order chi connectivity index (χ1) is 8.24. The minimum atomic E-state index is -0.189. The number of unbranched alkanes of at least 4 members (excludes halogenated alkanes) is 1. The molecule has 4 heteroatoms. The molecule has 0 radical (unpaired) electrons. The number of rotatable bonds is 7. The molecule has 3 nitrogen and oxygen atoms in total. The van der Waals surface area contributed by atoms with Crippen molar-refractivity contribution in [3.63, 3.8) is 0 Å². The molecule has 0 saturated carbocycles. The Labute approximate surface area is 111 Å². The lowest BCUT2D eigenvalue weighted by atomic mass is 10.2. The number of hydrogen-bond donors (Lipinski definition) is 1. The van der Waals surface area contributed by atoms with Gasteiger partial charge in [-0.25, -0.2) is 0 Å². The topological polar surface area (TPSA) is 38.3 Å². The summed E-state index contributed by atoms with van der Waals surface area (Å²) in [6.45, 7) is 3.50. The molecule has 17 heavy (non-hydrogen) atoms. The van der Waals surface area contributed by atoms with E-state index in [0.29, 0.717) is 13.2 Å². The van der Waals surface area contributed by atoms with Crippen LogP contribution >= 0.6 is 15.9 Å². The van der Waals surface area contributed by atoms with Crippen molar-refractivity contribution < 1.29 is 9.53 Å². The van der Waals surface area contributed by atoms with Crippen LogP contribution in [0.3, 0.4) is 0 Å². The first kappa shape index (κ1) is 14.2. The maximum Gasteiger partial charge on any atom is 0.319 e. The molecule has 0 aliphatic carbocycles. The molecule has 0 spiro atoms. The summed E-state index contributed by atoms with van der Waals surface area (Å²) in [6, 6.07) is 7.93. The van der Waals surface area contributed by atoms with Gasteiger partial charge in [-0.15, -0.1) is 0 Å². The Hall–Kier alpha value is -0.870. The highest BCUT2D eigenvalue weighted by Crippen LogP contribution is 2.14. The van der Waals surface area contributed by atoms with Gasteiger partial charge in [0.25, 0.3) is 0 Å². The fourth-order valence-electron chi connectivity index (χ4n) is 1.32. The van der Waals surface area contributed by atoms with Crippen molar-refractivity contribution >= 4 is 21.9 Å². The van der Waals surface area contributed by atoms with E-state index in [1.807, 2.05) is 24.3 Å². The first-order valence-corrected chi connectivity index (χ1v) is 6.63. The van der Waals surface area contributed by atoms with Crippen LogP contribution in [0.1, 0.15) is 25.3 Å². The van der Waals surface area contributed by atoms with Crippen LogP contribution in [0.5, 0.6) is 0 Å². The molecular weight excluding hydrogens is 282 g/mol. The Bertz CT molecular complexity index is 355. The minimum absolute atomic E-state index is 0.189. The molecule has 0 aliphatic rings. The highest BCUT2D eigenvalue weighted by molar-refractivity contribution is 9.10. The van der Waals surface area contributed by atoms with Crippen molar-refractivity contribution in [1.29, 1.82) is 0 Å². The summed E-state index contributed by atoms with van der Waals surface area (Å²) >= 11 is 3.46. The van der Waals surface area contributed by atoms with Crippen molar-refractivity contribution in [2.75, 3.05) is 13.2 Å². The van der Waals surface area contributed by atoms with Crippen molar-refractivity contribution in [2.45, 2.75) is 26.3 Å². The summed E-state index contributed by atoms with van der Waals surface area (Å²) in [7, 11) is 0. The average Bonchev–Trinajstić information content (AvgIpc) is 2.32. The molecule has 1 aromatic carbocycles. The van der Waals surface area contributed by atoms with Gasteiger partial charge in [0.15, 0.2) is 0 Å². The Morgan fingerprint density at radius 1 is 1.41 bits per heavy atom. The SMILES string of the molecule is CCCCOC(=O)CNCc1ccccc1Br. The number of esters is 1. The highest BCUT2D eigenvalue weighted by Gasteiger charge is 2.03. The molecule has 0 bridgehead atoms. The number of nitrogens with one attached hydrogen (secondary N) is 1. The van der Waals surface area contributed by atoms with Crippen LogP contribution in [0.2, 0.25) is 0 Å². The summed E-state index contributed by atoms with van der Waals surface area (Å²) in [5.74, 6) is -0.189. The molecule has 0 amide bonds. The number of halogens is 1. The minimum Gasteiger partial charge on any atom is -0.465 e. The molecule has 0 heterocycles. The van der Waals surface area contributed by atoms with Gasteiger partial charge >= 0.3 is 5.97 Å². The monoisotopic (exact) mass is 299 g/mol. The lowest BCUT2D eigenvalue weighted by Gasteiger charge is -2.07. The largest absolute Gasteiger partial charge is 0.465 e. The Morgan fingerprint density at radius 3 is 2.88 bits per heavy atom. The fourth-order valence-corrected chi connectivity index (χ4v) is 1.75. The van der Waals surface area contributed by atoms with Crippen molar-refractivity contribution in [2.24, 2.45) is 0 Å². The van der Waals surface area contributed by atoms with Crippen LogP contribution in [0.25, 0.3) is 0 Å². The third-order valence-electron chi connectivity index (χ3n) is 2.30. The second-order valence-electron chi connectivity index (χ2n) is 3.77. The van der Waals surface area contributed by atoms with Crippen LogP contribution in [0, 0.1) is 0 Å². The van der Waals surface area contributed by atoms with Crippen molar-refractivity contribution in [3.05, 3.63) is 34.3 Å². The molecule has 0 unspecified atom stereocenters. The molecule has 0 aromatic heterocycles. The van der Waals surface area contributed by atoms with Gasteiger partial charge < -0.3 is 10.1 Å². The third kappa shape index (κ3) is 5.84. The van der Waals surface area contributed by atoms with Gasteiger partial charge in [-0.1, -0.05) is 47.5 Å². The summed E-state index contributed by atoms with van der Waals surface area (Å²) in [6.07, 6.45) is 1.97. The predicted molar refractivity (Wildman–Crippen MR) is 71.7 cm³/mol. The summed E-state index contributed by atoms with van der Waals surface area (Å²) in [4.78, 5) is 11.3. The van der Waals surface area contributed by atoms with Crippen LogP contribution in [-0.4, -0.2) is 19.1 Å². The summed E-state index contributed by atoms with van der Waals surface area (Å²) in [5.41, 5.74) is 1.13. The molecular formula is C13H18BrNO2. The van der Waals surface area contributed by atoms with E-state index in [-0.39, 0.29) is 12.5 Å². The quantitative estimate of drug-likeness (QED) is 0.621. The second-order valence-corrected chi connectivity index (χ2v) is 4.62. The van der Waals surface area contributed by atoms with E-state index in [9.17, 15) is 4.79 Å². The van der Waals surface area contributed by atoms with Gasteiger partial charge in [-0.3, -0.25) is 4.79 Å². The molecule has 1 rings (SSSR count). The smallest absolute Gasteiger partial charge is 0.319 e. The van der Waals surface area contributed by atoms with Crippen LogP contribution in [-0.2, 0) is 16.1 Å². The predicted octanol–water partition coefficient (Wildman–Crippen LogP) is 2.88. The van der Waals surface area contributed by atoms with Gasteiger partial charge in [-0.05, 0) is 18.1 Å². The number of benzene rings is 1. The van der Waals surface area contributed by atoms with Crippen LogP contribution in [0.4, 0.5) is 0 Å². The maximum absolute atomic E-state index is 11.3. The van der Waals surface area contributed by atoms with Crippen molar-refractivity contribution in [3.8, 4) is 0 Å². The maximum atomic E-state index is 11.3. The van der Waals surface area contributed by atoms with E-state index in [1.54, 1.807) is 0 Å². The zero-order chi connectivity index (χ0) is 12.5. The Morgan fingerprint density at radius 2 is 2.18 bits per heavy atom. The van der Waals surface area contributed by atoms with E-state index < -0.39 is 0 Å². The van der Waals surface area contributed by atoms with E-state index in [0.717, 1.165) is 22.9 Å². The zero-order valence-corrected chi connectivity index (χ0v) is 11.6. The van der Waals surface area contributed by atoms with Gasteiger partial charge in [0.1, 0.15) is 0 Å². The van der Waals surface area contributed by atoms with Gasteiger partial charge in [-0.2, -0.15) is 0 Å². The summed E-state index contributed by atoms with van der Waals surface area (Å²) in [5, 5.41) is 3.06. The lowest BCUT2D eigenvalue weighted by molar-refractivity contribution is -0.142. The normalized spacial score (nSPS) is 10.2. The molecule has 0 saturated heterocycles. The molecule has 0 fully saturated rings.